The summed E-state index contributed by atoms with van der Waals surface area (Å²) in [7, 11) is 1.73. The van der Waals surface area contributed by atoms with Crippen LogP contribution in [-0.2, 0) is 11.3 Å². The number of aromatic nitrogens is 2. The van der Waals surface area contributed by atoms with Gasteiger partial charge >= 0.3 is 0 Å². The maximum Gasteiger partial charge on any atom is 0.140 e. The first-order chi connectivity index (χ1) is 9.79. The Morgan fingerprint density at radius 2 is 1.95 bits per heavy atom. The Hall–Kier alpha value is -2.13. The second-order valence-corrected chi connectivity index (χ2v) is 4.97. The normalized spacial score (nSPS) is 11.1. The number of ether oxygens (including phenoxy) is 1. The first-order valence-electron chi connectivity index (χ1n) is 6.80. The fraction of sp³-hybridized carbons (Fsp3) is 0.235. The van der Waals surface area contributed by atoms with Crippen LogP contribution in [-0.4, -0.2) is 23.3 Å². The van der Waals surface area contributed by atoms with E-state index in [2.05, 4.69) is 52.9 Å². The van der Waals surface area contributed by atoms with E-state index in [1.165, 1.54) is 22.2 Å². The molecule has 0 N–H and O–H groups in total. The molecule has 0 fully saturated rings. The molecule has 0 aliphatic carbocycles. The molecule has 3 heteroatoms. The molecule has 2 aromatic heterocycles. The van der Waals surface area contributed by atoms with Crippen molar-refractivity contribution in [2.75, 3.05) is 13.7 Å². The first kappa shape index (κ1) is 12.9. The molecule has 0 spiro atoms. The molecule has 0 saturated heterocycles. The third-order valence-corrected chi connectivity index (χ3v) is 3.46. The highest BCUT2D eigenvalue weighted by molar-refractivity contribution is 5.84. The second kappa shape index (κ2) is 5.47. The Labute approximate surface area is 118 Å². The fourth-order valence-corrected chi connectivity index (χ4v) is 2.51. The molecule has 20 heavy (non-hydrogen) atoms. The number of pyridine rings is 1. The van der Waals surface area contributed by atoms with Gasteiger partial charge in [-0.1, -0.05) is 30.3 Å². The highest BCUT2D eigenvalue weighted by Gasteiger charge is 2.11. The largest absolute Gasteiger partial charge is 0.383 e. The number of aryl methyl sites for hydroxylation is 1. The minimum absolute atomic E-state index is 0.680. The van der Waals surface area contributed by atoms with Crippen LogP contribution in [0.2, 0.25) is 0 Å². The molecule has 0 saturated carbocycles. The Kier molecular flexibility index (Phi) is 3.52. The molecule has 102 valence electrons. The molecule has 0 unspecified atom stereocenters. The van der Waals surface area contributed by atoms with Crippen LogP contribution in [0.3, 0.4) is 0 Å². The van der Waals surface area contributed by atoms with Crippen molar-refractivity contribution in [3.8, 4) is 11.3 Å². The van der Waals surface area contributed by atoms with Gasteiger partial charge in [-0.25, -0.2) is 4.98 Å². The molecule has 0 aliphatic rings. The third-order valence-electron chi connectivity index (χ3n) is 3.46. The van der Waals surface area contributed by atoms with Crippen LogP contribution in [0.1, 0.15) is 5.56 Å². The van der Waals surface area contributed by atoms with Gasteiger partial charge in [0.15, 0.2) is 0 Å². The van der Waals surface area contributed by atoms with E-state index >= 15 is 0 Å². The van der Waals surface area contributed by atoms with Crippen molar-refractivity contribution in [3.05, 3.63) is 54.2 Å². The molecule has 2 heterocycles. The molecule has 3 rings (SSSR count). The smallest absolute Gasteiger partial charge is 0.140 e. The van der Waals surface area contributed by atoms with E-state index in [9.17, 15) is 0 Å². The minimum Gasteiger partial charge on any atom is -0.383 e. The van der Waals surface area contributed by atoms with Crippen LogP contribution < -0.4 is 0 Å². The minimum atomic E-state index is 0.680. The maximum atomic E-state index is 5.23. The second-order valence-electron chi connectivity index (χ2n) is 4.97. The lowest BCUT2D eigenvalue weighted by Gasteiger charge is -2.09. The molecule has 0 bridgehead atoms. The van der Waals surface area contributed by atoms with Crippen molar-refractivity contribution in [1.82, 2.24) is 9.55 Å². The highest BCUT2D eigenvalue weighted by atomic mass is 16.5. The summed E-state index contributed by atoms with van der Waals surface area (Å²) in [4.78, 5) is 4.59. The SMILES string of the molecule is COCCn1c(-c2ccccc2)cc2cc(C)cnc21. The van der Waals surface area contributed by atoms with E-state index < -0.39 is 0 Å². The lowest BCUT2D eigenvalue weighted by atomic mass is 10.1. The van der Waals surface area contributed by atoms with Crippen LogP contribution in [0.15, 0.2) is 48.7 Å². The Morgan fingerprint density at radius 1 is 1.15 bits per heavy atom. The summed E-state index contributed by atoms with van der Waals surface area (Å²) in [5.74, 6) is 0. The lowest BCUT2D eigenvalue weighted by Crippen LogP contribution is -2.06. The van der Waals surface area contributed by atoms with Gasteiger partial charge in [-0.05, 0) is 30.2 Å². The summed E-state index contributed by atoms with van der Waals surface area (Å²) in [5, 5.41) is 1.18. The number of fused-ring (bicyclic) bond motifs is 1. The summed E-state index contributed by atoms with van der Waals surface area (Å²) in [6.07, 6.45) is 1.92. The van der Waals surface area contributed by atoms with Crippen molar-refractivity contribution in [3.63, 3.8) is 0 Å². The van der Waals surface area contributed by atoms with E-state index in [1.54, 1.807) is 7.11 Å². The zero-order valence-corrected chi connectivity index (χ0v) is 11.8. The van der Waals surface area contributed by atoms with Gasteiger partial charge in [0.05, 0.1) is 12.3 Å². The standard InChI is InChI=1S/C17H18N2O/c1-13-10-15-11-16(14-6-4-3-5-7-14)19(8-9-20-2)17(15)18-12-13/h3-7,10-12H,8-9H2,1-2H3. The van der Waals surface area contributed by atoms with Crippen LogP contribution in [0.5, 0.6) is 0 Å². The van der Waals surface area contributed by atoms with Crippen LogP contribution >= 0.6 is 0 Å². The molecular formula is C17H18N2O. The Balaban J connectivity index is 2.19. The van der Waals surface area contributed by atoms with Gasteiger partial charge < -0.3 is 9.30 Å². The molecule has 0 amide bonds. The third kappa shape index (κ3) is 2.32. The van der Waals surface area contributed by atoms with E-state index in [0.717, 1.165) is 12.2 Å². The number of benzene rings is 1. The van der Waals surface area contributed by atoms with Crippen molar-refractivity contribution in [2.24, 2.45) is 0 Å². The van der Waals surface area contributed by atoms with Crippen molar-refractivity contribution < 1.29 is 4.74 Å². The van der Waals surface area contributed by atoms with E-state index in [1.807, 2.05) is 12.3 Å². The highest BCUT2D eigenvalue weighted by Crippen LogP contribution is 2.27. The molecular weight excluding hydrogens is 248 g/mol. The van der Waals surface area contributed by atoms with Gasteiger partial charge in [0.1, 0.15) is 5.65 Å². The van der Waals surface area contributed by atoms with E-state index in [0.29, 0.717) is 6.61 Å². The summed E-state index contributed by atoms with van der Waals surface area (Å²) < 4.78 is 7.46. The molecule has 1 aromatic carbocycles. The van der Waals surface area contributed by atoms with Gasteiger partial charge in [-0.3, -0.25) is 0 Å². The van der Waals surface area contributed by atoms with Crippen LogP contribution in [0, 0.1) is 6.92 Å². The number of rotatable bonds is 4. The van der Waals surface area contributed by atoms with Crippen LogP contribution in [0.25, 0.3) is 22.3 Å². The van der Waals surface area contributed by atoms with Gasteiger partial charge in [-0.2, -0.15) is 0 Å². The zero-order valence-electron chi connectivity index (χ0n) is 11.8. The van der Waals surface area contributed by atoms with Crippen molar-refractivity contribution in [1.29, 1.82) is 0 Å². The first-order valence-corrected chi connectivity index (χ1v) is 6.80. The molecule has 0 aliphatic heterocycles. The average Bonchev–Trinajstić information content (AvgIpc) is 2.83. The summed E-state index contributed by atoms with van der Waals surface area (Å²) >= 11 is 0. The summed E-state index contributed by atoms with van der Waals surface area (Å²) in [6.45, 7) is 3.56. The number of methoxy groups -OCH3 is 1. The molecule has 0 atom stereocenters. The van der Waals surface area contributed by atoms with Gasteiger partial charge in [0, 0.05) is 25.2 Å². The maximum absolute atomic E-state index is 5.23. The summed E-state index contributed by atoms with van der Waals surface area (Å²) in [5.41, 5.74) is 4.60. The molecule has 3 nitrogen and oxygen atoms in total. The Bertz CT molecular complexity index is 716. The molecule has 0 radical (unpaired) electrons. The predicted octanol–water partition coefficient (Wildman–Crippen LogP) is 3.66. The van der Waals surface area contributed by atoms with Crippen molar-refractivity contribution >= 4 is 11.0 Å². The lowest BCUT2D eigenvalue weighted by molar-refractivity contribution is 0.188. The molecule has 3 aromatic rings. The Morgan fingerprint density at radius 3 is 2.70 bits per heavy atom. The topological polar surface area (TPSA) is 27.1 Å². The number of hydrogen-bond acceptors (Lipinski definition) is 2. The monoisotopic (exact) mass is 266 g/mol. The van der Waals surface area contributed by atoms with Gasteiger partial charge in [-0.15, -0.1) is 0 Å². The zero-order chi connectivity index (χ0) is 13.9. The number of hydrogen-bond donors (Lipinski definition) is 0. The van der Waals surface area contributed by atoms with Gasteiger partial charge in [0.25, 0.3) is 0 Å². The van der Waals surface area contributed by atoms with Crippen LogP contribution in [0.4, 0.5) is 0 Å². The van der Waals surface area contributed by atoms with Gasteiger partial charge in [0.2, 0.25) is 0 Å². The summed E-state index contributed by atoms with van der Waals surface area (Å²) in [6, 6.07) is 14.8. The quantitative estimate of drug-likeness (QED) is 0.720. The predicted molar refractivity (Wildman–Crippen MR) is 81.8 cm³/mol. The van der Waals surface area contributed by atoms with Crippen molar-refractivity contribution in [2.45, 2.75) is 13.5 Å². The van der Waals surface area contributed by atoms with E-state index in [4.69, 9.17) is 4.74 Å². The average molecular weight is 266 g/mol. The van der Waals surface area contributed by atoms with E-state index in [-0.39, 0.29) is 0 Å². The number of nitrogens with zero attached hydrogens (tertiary/aromatic N) is 2. The fourth-order valence-electron chi connectivity index (χ4n) is 2.51.